The van der Waals surface area contributed by atoms with Crippen LogP contribution in [0.2, 0.25) is 0 Å². The molecule has 0 spiro atoms. The molecule has 6 heteroatoms. The van der Waals surface area contributed by atoms with Gasteiger partial charge in [-0.05, 0) is 37.2 Å². The second-order valence-corrected chi connectivity index (χ2v) is 5.90. The van der Waals surface area contributed by atoms with Crippen molar-refractivity contribution in [2.24, 2.45) is 0 Å². The molecular weight excluding hydrogens is 284 g/mol. The van der Waals surface area contributed by atoms with Crippen LogP contribution in [0.15, 0.2) is 42.0 Å². The van der Waals surface area contributed by atoms with Crippen LogP contribution in [0.3, 0.4) is 0 Å². The molecular formula is C15H20N4OS. The molecule has 0 aliphatic rings. The van der Waals surface area contributed by atoms with Gasteiger partial charge in [-0.15, -0.1) is 11.3 Å². The second-order valence-electron chi connectivity index (χ2n) is 4.92. The molecule has 0 aromatic carbocycles. The molecule has 0 bridgehead atoms. The Morgan fingerprint density at radius 3 is 2.81 bits per heavy atom. The van der Waals surface area contributed by atoms with E-state index in [1.807, 2.05) is 37.7 Å². The van der Waals surface area contributed by atoms with Gasteiger partial charge in [0.2, 0.25) is 0 Å². The zero-order valence-electron chi connectivity index (χ0n) is 12.2. The number of likely N-dealkylation sites (N-methyl/N-ethyl adjacent to an activating group) is 1. The fourth-order valence-corrected chi connectivity index (χ4v) is 2.88. The summed E-state index contributed by atoms with van der Waals surface area (Å²) in [7, 11) is 4.03. The molecule has 0 saturated heterocycles. The number of carbonyl (C=O) groups is 1. The van der Waals surface area contributed by atoms with E-state index in [1.165, 1.54) is 4.88 Å². The van der Waals surface area contributed by atoms with Gasteiger partial charge in [0.1, 0.15) is 0 Å². The van der Waals surface area contributed by atoms with Crippen LogP contribution >= 0.6 is 11.3 Å². The topological polar surface area (TPSA) is 57.3 Å². The molecule has 2 N–H and O–H groups in total. The molecule has 1 unspecified atom stereocenters. The summed E-state index contributed by atoms with van der Waals surface area (Å²) < 4.78 is 0. The van der Waals surface area contributed by atoms with Crippen LogP contribution in [0.25, 0.3) is 0 Å². The summed E-state index contributed by atoms with van der Waals surface area (Å²) in [5.41, 5.74) is 0.982. The molecule has 0 saturated carbocycles. The fraction of sp³-hybridized carbons (Fsp3) is 0.333. The molecule has 0 fully saturated rings. The Hall–Kier alpha value is -1.92. The van der Waals surface area contributed by atoms with Crippen molar-refractivity contribution in [2.45, 2.75) is 12.6 Å². The number of thiophene rings is 1. The molecule has 5 nitrogen and oxygen atoms in total. The number of hydrogen-bond donors (Lipinski definition) is 2. The standard InChI is InChI=1S/C15H20N4OS/c1-19(2)13(14-6-4-8-21-14)11-18-15(20)17-10-12-5-3-7-16-9-12/h3-9,13H,10-11H2,1-2H3,(H2,17,18,20). The molecule has 0 aliphatic heterocycles. The first-order valence-corrected chi connectivity index (χ1v) is 7.65. The van der Waals surface area contributed by atoms with E-state index in [0.29, 0.717) is 13.1 Å². The van der Waals surface area contributed by atoms with E-state index in [2.05, 4.69) is 26.6 Å². The number of carbonyl (C=O) groups excluding carboxylic acids is 1. The minimum atomic E-state index is -0.165. The average molecular weight is 304 g/mol. The summed E-state index contributed by atoms with van der Waals surface area (Å²) in [6, 6.07) is 7.93. The predicted molar refractivity (Wildman–Crippen MR) is 85.2 cm³/mol. The molecule has 2 rings (SSSR count). The van der Waals surface area contributed by atoms with E-state index < -0.39 is 0 Å². The highest BCUT2D eigenvalue weighted by molar-refractivity contribution is 7.10. The lowest BCUT2D eigenvalue weighted by Gasteiger charge is -2.23. The predicted octanol–water partition coefficient (Wildman–Crippen LogP) is 2.25. The number of pyridine rings is 1. The lowest BCUT2D eigenvalue weighted by molar-refractivity contribution is 0.233. The van der Waals surface area contributed by atoms with Crippen LogP contribution in [0.1, 0.15) is 16.5 Å². The van der Waals surface area contributed by atoms with E-state index in [9.17, 15) is 4.79 Å². The summed E-state index contributed by atoms with van der Waals surface area (Å²) in [5, 5.41) is 7.80. The van der Waals surface area contributed by atoms with Gasteiger partial charge in [0, 0.05) is 30.4 Å². The maximum atomic E-state index is 11.9. The van der Waals surface area contributed by atoms with E-state index in [-0.39, 0.29) is 12.1 Å². The first-order chi connectivity index (χ1) is 10.2. The highest BCUT2D eigenvalue weighted by Gasteiger charge is 2.15. The van der Waals surface area contributed by atoms with Gasteiger partial charge < -0.3 is 15.5 Å². The fourth-order valence-electron chi connectivity index (χ4n) is 1.96. The monoisotopic (exact) mass is 304 g/mol. The third kappa shape index (κ3) is 4.84. The zero-order valence-corrected chi connectivity index (χ0v) is 13.1. The number of rotatable bonds is 6. The zero-order chi connectivity index (χ0) is 15.1. The SMILES string of the molecule is CN(C)C(CNC(=O)NCc1cccnc1)c1cccs1. The highest BCUT2D eigenvalue weighted by atomic mass is 32.1. The number of aromatic nitrogens is 1. The number of hydrogen-bond acceptors (Lipinski definition) is 4. The minimum absolute atomic E-state index is 0.165. The highest BCUT2D eigenvalue weighted by Crippen LogP contribution is 2.22. The number of amides is 2. The summed E-state index contributed by atoms with van der Waals surface area (Å²) in [6.07, 6.45) is 3.46. The lowest BCUT2D eigenvalue weighted by atomic mass is 10.2. The first-order valence-electron chi connectivity index (χ1n) is 6.77. The Morgan fingerprint density at radius 1 is 1.33 bits per heavy atom. The van der Waals surface area contributed by atoms with Crippen molar-refractivity contribution in [1.29, 1.82) is 0 Å². The third-order valence-electron chi connectivity index (χ3n) is 3.13. The Balaban J connectivity index is 1.80. The first kappa shape index (κ1) is 15.5. The van der Waals surface area contributed by atoms with Crippen molar-refractivity contribution in [1.82, 2.24) is 20.5 Å². The van der Waals surface area contributed by atoms with Crippen molar-refractivity contribution in [3.8, 4) is 0 Å². The quantitative estimate of drug-likeness (QED) is 0.860. The van der Waals surface area contributed by atoms with Crippen molar-refractivity contribution in [2.75, 3.05) is 20.6 Å². The summed E-state index contributed by atoms with van der Waals surface area (Å²) in [4.78, 5) is 19.2. The van der Waals surface area contributed by atoms with E-state index in [1.54, 1.807) is 23.7 Å². The van der Waals surface area contributed by atoms with Gasteiger partial charge in [-0.3, -0.25) is 4.98 Å². The molecule has 1 atom stereocenters. The van der Waals surface area contributed by atoms with Crippen molar-refractivity contribution >= 4 is 17.4 Å². The van der Waals surface area contributed by atoms with E-state index in [0.717, 1.165) is 5.56 Å². The summed E-state index contributed by atoms with van der Waals surface area (Å²) in [5.74, 6) is 0. The van der Waals surface area contributed by atoms with Crippen molar-refractivity contribution in [3.63, 3.8) is 0 Å². The van der Waals surface area contributed by atoms with E-state index >= 15 is 0 Å². The van der Waals surface area contributed by atoms with Gasteiger partial charge in [0.15, 0.2) is 0 Å². The van der Waals surface area contributed by atoms with Crippen LogP contribution < -0.4 is 10.6 Å². The smallest absolute Gasteiger partial charge is 0.315 e. The molecule has 2 aromatic rings. The van der Waals surface area contributed by atoms with Crippen LogP contribution in [0.5, 0.6) is 0 Å². The third-order valence-corrected chi connectivity index (χ3v) is 4.10. The van der Waals surface area contributed by atoms with Crippen molar-refractivity contribution < 1.29 is 4.79 Å². The Bertz CT molecular complexity index is 542. The molecule has 2 heterocycles. The van der Waals surface area contributed by atoms with E-state index in [4.69, 9.17) is 0 Å². The van der Waals surface area contributed by atoms with Gasteiger partial charge in [-0.2, -0.15) is 0 Å². The van der Waals surface area contributed by atoms with Gasteiger partial charge in [0.25, 0.3) is 0 Å². The molecule has 112 valence electrons. The normalized spacial score (nSPS) is 12.1. The summed E-state index contributed by atoms with van der Waals surface area (Å²) in [6.45, 7) is 1.05. The average Bonchev–Trinajstić information content (AvgIpc) is 3.00. The molecule has 2 amide bonds. The second kappa shape index (κ2) is 7.75. The van der Waals surface area contributed by atoms with Crippen LogP contribution in [-0.4, -0.2) is 36.6 Å². The molecule has 0 radical (unpaired) electrons. The Kier molecular flexibility index (Phi) is 5.71. The Labute approximate surface area is 129 Å². The Morgan fingerprint density at radius 2 is 2.19 bits per heavy atom. The maximum absolute atomic E-state index is 11.9. The minimum Gasteiger partial charge on any atom is -0.336 e. The van der Waals surface area contributed by atoms with Crippen LogP contribution in [-0.2, 0) is 6.54 Å². The van der Waals surface area contributed by atoms with Gasteiger partial charge in [0.05, 0.1) is 6.04 Å². The number of urea groups is 1. The van der Waals surface area contributed by atoms with Gasteiger partial charge >= 0.3 is 6.03 Å². The van der Waals surface area contributed by atoms with Crippen molar-refractivity contribution in [3.05, 3.63) is 52.5 Å². The lowest BCUT2D eigenvalue weighted by Crippen LogP contribution is -2.40. The van der Waals surface area contributed by atoms with Crippen LogP contribution in [0, 0.1) is 0 Å². The molecule has 21 heavy (non-hydrogen) atoms. The van der Waals surface area contributed by atoms with Gasteiger partial charge in [-0.25, -0.2) is 4.79 Å². The van der Waals surface area contributed by atoms with Gasteiger partial charge in [-0.1, -0.05) is 12.1 Å². The van der Waals surface area contributed by atoms with Crippen LogP contribution in [0.4, 0.5) is 4.79 Å². The molecule has 0 aliphatic carbocycles. The number of nitrogens with one attached hydrogen (secondary N) is 2. The molecule has 2 aromatic heterocycles. The number of nitrogens with zero attached hydrogens (tertiary/aromatic N) is 2. The summed E-state index contributed by atoms with van der Waals surface area (Å²) >= 11 is 1.70. The largest absolute Gasteiger partial charge is 0.336 e. The maximum Gasteiger partial charge on any atom is 0.315 e.